The molecule has 5 heteroatoms. The van der Waals surface area contributed by atoms with E-state index in [1.807, 2.05) is 60.7 Å². The smallest absolute Gasteiger partial charge is 0.324 e. The number of nitrogens with one attached hydrogen (secondary N) is 1. The highest BCUT2D eigenvalue weighted by Gasteiger charge is 2.48. The molecule has 1 fully saturated rings. The summed E-state index contributed by atoms with van der Waals surface area (Å²) in [6.07, 6.45) is -0.825. The average molecular weight is 352 g/mol. The molecule has 0 aromatic heterocycles. The van der Waals surface area contributed by atoms with E-state index in [1.165, 1.54) is 0 Å². The van der Waals surface area contributed by atoms with E-state index >= 15 is 0 Å². The summed E-state index contributed by atoms with van der Waals surface area (Å²) >= 11 is 0. The van der Waals surface area contributed by atoms with Crippen molar-refractivity contribution in [3.05, 3.63) is 78.4 Å². The maximum absolute atomic E-state index is 13.1. The van der Waals surface area contributed by atoms with Crippen LogP contribution in [0.25, 0.3) is 0 Å². The van der Waals surface area contributed by atoms with Crippen LogP contribution < -0.4 is 5.32 Å². The molecule has 2 N–H and O–H groups in total. The van der Waals surface area contributed by atoms with Crippen LogP contribution in [0.5, 0.6) is 0 Å². The van der Waals surface area contributed by atoms with Gasteiger partial charge in [-0.25, -0.2) is 4.79 Å². The number of aliphatic hydroxyl groups is 1. The molecule has 1 aliphatic rings. The van der Waals surface area contributed by atoms with Crippen LogP contribution in [0, 0.1) is 0 Å². The lowest BCUT2D eigenvalue weighted by atomic mass is 9.95. The van der Waals surface area contributed by atoms with Crippen molar-refractivity contribution in [2.24, 2.45) is 0 Å². The van der Waals surface area contributed by atoms with Gasteiger partial charge >= 0.3 is 6.03 Å². The Bertz CT molecular complexity index is 774. The fourth-order valence-electron chi connectivity index (χ4n) is 3.04. The highest BCUT2D eigenvalue weighted by molar-refractivity contribution is 5.90. The van der Waals surface area contributed by atoms with E-state index in [-0.39, 0.29) is 12.1 Å². The number of carbonyl (C=O) groups excluding carboxylic acids is 1. The van der Waals surface area contributed by atoms with Crippen LogP contribution in [0.3, 0.4) is 0 Å². The molecular weight excluding hydrogens is 328 g/mol. The quantitative estimate of drug-likeness (QED) is 0.819. The van der Waals surface area contributed by atoms with Crippen molar-refractivity contribution >= 4 is 11.7 Å². The van der Waals surface area contributed by atoms with Gasteiger partial charge in [-0.3, -0.25) is 4.90 Å². The summed E-state index contributed by atoms with van der Waals surface area (Å²) in [4.78, 5) is 14.6. The summed E-state index contributed by atoms with van der Waals surface area (Å²) in [5, 5.41) is 13.8. The third kappa shape index (κ3) is 3.49. The minimum atomic E-state index is -1.36. The van der Waals surface area contributed by atoms with Crippen molar-refractivity contribution in [2.45, 2.75) is 31.7 Å². The standard InChI is InChI=1S/C21H24N2O3/c1-15(2)21(3,25)19-23(20(24)22-17-12-8-5-9-13-17)18(14-26-19)16-10-6-4-7-11-16/h4-13,18-19,25H,1,14H2,2-3H3,(H,22,24)/t18-,19+,21?/m1/s1. The molecule has 2 amide bonds. The van der Waals surface area contributed by atoms with Gasteiger partial charge in [-0.1, -0.05) is 55.1 Å². The maximum Gasteiger partial charge on any atom is 0.324 e. The number of amides is 2. The van der Waals surface area contributed by atoms with Gasteiger partial charge in [0.1, 0.15) is 5.60 Å². The highest BCUT2D eigenvalue weighted by atomic mass is 16.5. The van der Waals surface area contributed by atoms with Crippen LogP contribution in [0.2, 0.25) is 0 Å². The Morgan fingerprint density at radius 2 is 1.77 bits per heavy atom. The van der Waals surface area contributed by atoms with Crippen molar-refractivity contribution in [1.29, 1.82) is 0 Å². The van der Waals surface area contributed by atoms with Gasteiger partial charge < -0.3 is 15.2 Å². The lowest BCUT2D eigenvalue weighted by molar-refractivity contribution is -0.0900. The van der Waals surface area contributed by atoms with Gasteiger partial charge in [0.2, 0.25) is 0 Å². The van der Waals surface area contributed by atoms with Crippen LogP contribution in [0.15, 0.2) is 72.8 Å². The zero-order chi connectivity index (χ0) is 18.7. The maximum atomic E-state index is 13.1. The number of rotatable bonds is 4. The molecule has 3 rings (SSSR count). The predicted octanol–water partition coefficient (Wildman–Crippen LogP) is 3.95. The number of hydrogen-bond donors (Lipinski definition) is 2. The predicted molar refractivity (Wildman–Crippen MR) is 102 cm³/mol. The Morgan fingerprint density at radius 3 is 2.35 bits per heavy atom. The monoisotopic (exact) mass is 352 g/mol. The first-order chi connectivity index (χ1) is 12.4. The van der Waals surface area contributed by atoms with Gasteiger partial charge in [0.05, 0.1) is 12.6 Å². The van der Waals surface area contributed by atoms with Gasteiger partial charge in [0.25, 0.3) is 0 Å². The molecule has 1 heterocycles. The van der Waals surface area contributed by atoms with Crippen LogP contribution in [-0.4, -0.2) is 34.5 Å². The fraction of sp³-hybridized carbons (Fsp3) is 0.286. The van der Waals surface area contributed by atoms with Gasteiger partial charge in [-0.05, 0) is 37.1 Å². The molecule has 1 saturated heterocycles. The first-order valence-electron chi connectivity index (χ1n) is 8.60. The molecule has 136 valence electrons. The Balaban J connectivity index is 1.94. The molecule has 3 atom stereocenters. The number of benzene rings is 2. The largest absolute Gasteiger partial charge is 0.381 e. The van der Waals surface area contributed by atoms with Crippen LogP contribution >= 0.6 is 0 Å². The molecule has 0 radical (unpaired) electrons. The number of nitrogens with zero attached hydrogens (tertiary/aromatic N) is 1. The molecule has 0 saturated carbocycles. The summed E-state index contributed by atoms with van der Waals surface area (Å²) in [6, 6.07) is 18.3. The van der Waals surface area contributed by atoms with E-state index in [2.05, 4.69) is 11.9 Å². The summed E-state index contributed by atoms with van der Waals surface area (Å²) in [5.74, 6) is 0. The van der Waals surface area contributed by atoms with E-state index in [9.17, 15) is 9.90 Å². The first-order valence-corrected chi connectivity index (χ1v) is 8.60. The second-order valence-corrected chi connectivity index (χ2v) is 6.74. The normalized spacial score (nSPS) is 21.9. The van der Waals surface area contributed by atoms with E-state index in [4.69, 9.17) is 4.74 Å². The van der Waals surface area contributed by atoms with Crippen molar-refractivity contribution in [1.82, 2.24) is 4.90 Å². The zero-order valence-electron chi connectivity index (χ0n) is 15.1. The molecule has 2 aromatic carbocycles. The third-order valence-electron chi connectivity index (χ3n) is 4.79. The van der Waals surface area contributed by atoms with Gasteiger partial charge in [-0.15, -0.1) is 0 Å². The van der Waals surface area contributed by atoms with Gasteiger partial charge in [0, 0.05) is 5.69 Å². The van der Waals surface area contributed by atoms with Gasteiger partial charge in [0.15, 0.2) is 6.23 Å². The summed E-state index contributed by atoms with van der Waals surface area (Å²) in [6.45, 7) is 7.51. The van der Waals surface area contributed by atoms with Crippen LogP contribution in [0.1, 0.15) is 25.5 Å². The van der Waals surface area contributed by atoms with E-state index in [0.29, 0.717) is 17.9 Å². The lowest BCUT2D eigenvalue weighted by Crippen LogP contribution is -2.53. The van der Waals surface area contributed by atoms with E-state index in [0.717, 1.165) is 5.56 Å². The molecule has 0 aliphatic carbocycles. The zero-order valence-corrected chi connectivity index (χ0v) is 15.1. The van der Waals surface area contributed by atoms with E-state index in [1.54, 1.807) is 18.7 Å². The third-order valence-corrected chi connectivity index (χ3v) is 4.79. The fourth-order valence-corrected chi connectivity index (χ4v) is 3.04. The Hall–Kier alpha value is -2.63. The average Bonchev–Trinajstić information content (AvgIpc) is 3.09. The lowest BCUT2D eigenvalue weighted by Gasteiger charge is -2.37. The molecule has 26 heavy (non-hydrogen) atoms. The molecule has 1 aliphatic heterocycles. The van der Waals surface area contributed by atoms with Crippen molar-refractivity contribution < 1.29 is 14.6 Å². The second kappa shape index (κ2) is 7.32. The topological polar surface area (TPSA) is 61.8 Å². The summed E-state index contributed by atoms with van der Waals surface area (Å²) in [7, 11) is 0. The Morgan fingerprint density at radius 1 is 1.19 bits per heavy atom. The molecule has 2 aromatic rings. The van der Waals surface area contributed by atoms with E-state index < -0.39 is 11.8 Å². The number of hydrogen-bond acceptors (Lipinski definition) is 3. The Kier molecular flexibility index (Phi) is 5.11. The number of para-hydroxylation sites is 1. The highest BCUT2D eigenvalue weighted by Crippen LogP contribution is 2.37. The number of carbonyl (C=O) groups is 1. The number of ether oxygens (including phenoxy) is 1. The minimum Gasteiger partial charge on any atom is -0.381 e. The summed E-state index contributed by atoms with van der Waals surface area (Å²) in [5.41, 5.74) is 0.812. The molecule has 0 spiro atoms. The molecule has 1 unspecified atom stereocenters. The van der Waals surface area contributed by atoms with Crippen molar-refractivity contribution in [3.8, 4) is 0 Å². The molecule has 5 nitrogen and oxygen atoms in total. The van der Waals surface area contributed by atoms with Crippen molar-refractivity contribution in [2.75, 3.05) is 11.9 Å². The molecular formula is C21H24N2O3. The second-order valence-electron chi connectivity index (χ2n) is 6.74. The summed E-state index contributed by atoms with van der Waals surface area (Å²) < 4.78 is 5.87. The number of urea groups is 1. The van der Waals surface area contributed by atoms with Crippen molar-refractivity contribution in [3.63, 3.8) is 0 Å². The first kappa shape index (κ1) is 18.2. The minimum absolute atomic E-state index is 0.296. The SMILES string of the molecule is C=C(C)C(C)(O)[C@@H]1OC[C@H](c2ccccc2)N1C(=O)Nc1ccccc1. The van der Waals surface area contributed by atoms with Gasteiger partial charge in [-0.2, -0.15) is 0 Å². The molecule has 0 bridgehead atoms. The number of anilines is 1. The van der Waals surface area contributed by atoms with Crippen LogP contribution in [-0.2, 0) is 4.74 Å². The Labute approximate surface area is 153 Å². The van der Waals surface area contributed by atoms with Crippen LogP contribution in [0.4, 0.5) is 10.5 Å².